The number of ether oxygens (including phenoxy) is 1. The van der Waals surface area contributed by atoms with Crippen LogP contribution in [0.15, 0.2) is 95.0 Å². The summed E-state index contributed by atoms with van der Waals surface area (Å²) in [7, 11) is -9.41. The Balaban J connectivity index is 1.26. The molecular weight excluding hydrogens is 707 g/mol. The molecule has 1 unspecified atom stereocenters. The van der Waals surface area contributed by atoms with Crippen molar-refractivity contribution in [1.29, 1.82) is 0 Å². The highest BCUT2D eigenvalue weighted by Gasteiger charge is 2.62. The van der Waals surface area contributed by atoms with E-state index >= 15 is 0 Å². The summed E-state index contributed by atoms with van der Waals surface area (Å²) in [5, 5.41) is 28.0. The van der Waals surface area contributed by atoms with Crippen LogP contribution < -0.4 is 11.1 Å². The van der Waals surface area contributed by atoms with Crippen LogP contribution in [0.1, 0.15) is 36.6 Å². The smallest absolute Gasteiger partial charge is 0.210 e. The molecule has 1 aliphatic heterocycles. The van der Waals surface area contributed by atoms with Gasteiger partial charge >= 0.3 is 0 Å². The van der Waals surface area contributed by atoms with Crippen molar-refractivity contribution in [3.8, 4) is 11.5 Å². The van der Waals surface area contributed by atoms with E-state index in [9.17, 15) is 27.0 Å². The fraction of sp³-hybridized carbons (Fsp3) is 0.278. The molecule has 0 spiro atoms. The third-order valence-electron chi connectivity index (χ3n) is 9.57. The Bertz CT molecular complexity index is 2580. The fourth-order valence-corrected chi connectivity index (χ4v) is 9.67. The minimum absolute atomic E-state index is 0.162. The number of aryl methyl sites for hydroxylation is 2. The van der Waals surface area contributed by atoms with E-state index in [1.54, 1.807) is 50.2 Å². The number of hydrogen-bond acceptors (Lipinski definition) is 13. The molecule has 0 radical (unpaired) electrons. The number of fused-ring (bicyclic) bond motifs is 2. The lowest BCUT2D eigenvalue weighted by Crippen LogP contribution is -2.53. The number of rotatable bonds is 9. The van der Waals surface area contributed by atoms with Gasteiger partial charge in [-0.25, -0.2) is 36.8 Å². The summed E-state index contributed by atoms with van der Waals surface area (Å²) in [6, 6.07) is 20.7. The van der Waals surface area contributed by atoms with Crippen molar-refractivity contribution in [3.05, 3.63) is 96.3 Å². The van der Waals surface area contributed by atoms with Gasteiger partial charge in [-0.1, -0.05) is 53.6 Å². The molecule has 4 heterocycles. The molecule has 6 aromatic rings. The Kier molecular flexibility index (Phi) is 8.07. The molecule has 8 rings (SSSR count). The maximum absolute atomic E-state index is 14.3. The summed E-state index contributed by atoms with van der Waals surface area (Å²) in [5.74, 6) is 0.616. The Hall–Kier alpha value is -5.00. The predicted molar refractivity (Wildman–Crippen MR) is 193 cm³/mol. The number of hydrogen-bond donors (Lipinski definition) is 4. The summed E-state index contributed by atoms with van der Waals surface area (Å²) in [5.41, 5.74) is 7.26. The van der Waals surface area contributed by atoms with E-state index in [0.29, 0.717) is 28.2 Å². The van der Waals surface area contributed by atoms with Gasteiger partial charge in [0.15, 0.2) is 28.2 Å². The summed E-state index contributed by atoms with van der Waals surface area (Å²) in [6.45, 7) is 3.54. The number of nitrogen functional groups attached to an aromatic ring is 1. The molecule has 0 amide bonds. The first-order chi connectivity index (χ1) is 24.8. The Labute approximate surface area is 299 Å². The number of aliphatic hydroxyl groups is 2. The zero-order chi connectivity index (χ0) is 36.6. The third kappa shape index (κ3) is 5.67. The molecule has 0 bridgehead atoms. The third-order valence-corrected chi connectivity index (χ3v) is 13.6. The Morgan fingerprint density at radius 1 is 0.885 bits per heavy atom. The molecule has 1 aliphatic carbocycles. The Morgan fingerprint density at radius 3 is 2.23 bits per heavy atom. The second-order valence-corrected chi connectivity index (χ2v) is 17.6. The lowest BCUT2D eigenvalue weighted by Gasteiger charge is -2.30. The number of anilines is 2. The van der Waals surface area contributed by atoms with Gasteiger partial charge in [0.1, 0.15) is 18.0 Å². The second-order valence-electron chi connectivity index (χ2n) is 13.4. The van der Waals surface area contributed by atoms with Gasteiger partial charge in [0.2, 0.25) is 24.6 Å². The van der Waals surface area contributed by atoms with Crippen LogP contribution in [0.3, 0.4) is 0 Å². The zero-order valence-corrected chi connectivity index (χ0v) is 29.7. The number of benzene rings is 3. The first-order valence-electron chi connectivity index (χ1n) is 16.6. The lowest BCUT2D eigenvalue weighted by molar-refractivity contribution is -0.0667. The van der Waals surface area contributed by atoms with Gasteiger partial charge < -0.3 is 26.0 Å². The highest BCUT2D eigenvalue weighted by molar-refractivity contribution is 7.93. The monoisotopic (exact) mass is 741 g/mol. The van der Waals surface area contributed by atoms with Gasteiger partial charge in [-0.3, -0.25) is 4.57 Å². The fourth-order valence-electron chi connectivity index (χ4n) is 6.42. The van der Waals surface area contributed by atoms with Crippen LogP contribution in [0.4, 0.5) is 11.5 Å². The van der Waals surface area contributed by atoms with Gasteiger partial charge in [-0.05, 0) is 63.1 Å². The van der Waals surface area contributed by atoms with E-state index in [2.05, 4.69) is 10.3 Å². The number of nitrogens with one attached hydrogen (secondary N) is 1. The molecule has 14 nitrogen and oxygen atoms in total. The second kappa shape index (κ2) is 12.3. The number of aliphatic hydroxyl groups excluding tert-OH is 1. The lowest BCUT2D eigenvalue weighted by atomic mass is 10.1. The molecular formula is C36H35N7O7S2. The van der Waals surface area contributed by atoms with Crippen LogP contribution in [0.5, 0.6) is 0 Å². The first kappa shape index (κ1) is 34.1. The minimum Gasteiger partial charge on any atom is -0.397 e. The number of imidazole rings is 1. The molecule has 2 aliphatic rings. The van der Waals surface area contributed by atoms with Crippen molar-refractivity contribution >= 4 is 53.2 Å². The van der Waals surface area contributed by atoms with Crippen LogP contribution >= 0.6 is 0 Å². The van der Waals surface area contributed by atoms with E-state index in [1.165, 1.54) is 35.2 Å². The number of pyridine rings is 1. The first-order valence-corrected chi connectivity index (χ1v) is 19.6. The van der Waals surface area contributed by atoms with E-state index < -0.39 is 48.8 Å². The van der Waals surface area contributed by atoms with Crippen LogP contribution in [-0.4, -0.2) is 74.1 Å². The molecule has 3 aromatic carbocycles. The minimum atomic E-state index is -4.76. The van der Waals surface area contributed by atoms with Crippen molar-refractivity contribution in [2.24, 2.45) is 0 Å². The largest absolute Gasteiger partial charge is 0.397 e. The molecule has 5 N–H and O–H groups in total. The summed E-state index contributed by atoms with van der Waals surface area (Å²) >= 11 is 0. The van der Waals surface area contributed by atoms with Gasteiger partial charge in [0.25, 0.3) is 0 Å². The average molecular weight is 742 g/mol. The van der Waals surface area contributed by atoms with E-state index in [1.807, 2.05) is 18.2 Å². The number of aromatic nitrogens is 5. The maximum atomic E-state index is 14.3. The standard InChI is InChI=1S/C36H35N7O7S2/c1-20-6-13-24(14-7-20)51(46,47)35(44)31-36(45,52(48,49)25-15-8-21(2)9-16-25)18-28(50-31)43-19-38-30-33(39-23-11-12-23)41-32(42-34(30)43)27-17-10-22-4-3-5-26(37)29(22)40-27/h3-10,13-17,19,23,28,31,35,44-45H,11-12,18,37H2,1-2H3,(H,39,41,42)/t28-,31-,35?,36-/m1/s1. The maximum Gasteiger partial charge on any atom is 0.210 e. The molecule has 52 heavy (non-hydrogen) atoms. The normalized spacial score (nSPS) is 21.5. The molecule has 3 aromatic heterocycles. The quantitative estimate of drug-likeness (QED) is 0.154. The van der Waals surface area contributed by atoms with Crippen molar-refractivity contribution in [2.75, 3.05) is 11.1 Å². The number of sulfone groups is 2. The van der Waals surface area contributed by atoms with Crippen LogP contribution in [0.25, 0.3) is 33.6 Å². The van der Waals surface area contributed by atoms with Crippen LogP contribution in [0, 0.1) is 13.8 Å². The van der Waals surface area contributed by atoms with Crippen molar-refractivity contribution in [1.82, 2.24) is 24.5 Å². The summed E-state index contributed by atoms with van der Waals surface area (Å²) in [4.78, 5) is 15.4. The number of nitrogens with zero attached hydrogens (tertiary/aromatic N) is 5. The summed E-state index contributed by atoms with van der Waals surface area (Å²) in [6.07, 6.45) is -0.953. The molecule has 16 heteroatoms. The molecule has 1 saturated heterocycles. The van der Waals surface area contributed by atoms with E-state index in [-0.39, 0.29) is 27.3 Å². The highest BCUT2D eigenvalue weighted by Crippen LogP contribution is 2.47. The average Bonchev–Trinajstić information content (AvgIpc) is 3.72. The van der Waals surface area contributed by atoms with Crippen molar-refractivity contribution < 1.29 is 31.8 Å². The zero-order valence-electron chi connectivity index (χ0n) is 28.1. The van der Waals surface area contributed by atoms with Crippen LogP contribution in [0.2, 0.25) is 0 Å². The highest BCUT2D eigenvalue weighted by atomic mass is 32.2. The molecule has 2 fully saturated rings. The predicted octanol–water partition coefficient (Wildman–Crippen LogP) is 4.06. The van der Waals surface area contributed by atoms with E-state index in [0.717, 1.165) is 29.4 Å². The van der Waals surface area contributed by atoms with Gasteiger partial charge in [0, 0.05) is 17.8 Å². The topological polar surface area (TPSA) is 213 Å². The van der Waals surface area contributed by atoms with Crippen molar-refractivity contribution in [3.63, 3.8) is 0 Å². The molecule has 1 saturated carbocycles. The summed E-state index contributed by atoms with van der Waals surface area (Å²) < 4.78 is 63.8. The van der Waals surface area contributed by atoms with Crippen LogP contribution in [-0.2, 0) is 24.4 Å². The van der Waals surface area contributed by atoms with Gasteiger partial charge in [-0.15, -0.1) is 0 Å². The van der Waals surface area contributed by atoms with E-state index in [4.69, 9.17) is 25.4 Å². The van der Waals surface area contributed by atoms with Gasteiger partial charge in [-0.2, -0.15) is 0 Å². The number of para-hydroxylation sites is 1. The number of nitrogens with two attached hydrogens (primary N) is 1. The van der Waals surface area contributed by atoms with Gasteiger partial charge in [0.05, 0.1) is 27.3 Å². The Morgan fingerprint density at radius 2 is 1.56 bits per heavy atom. The SMILES string of the molecule is Cc1ccc(S(=O)(=O)C(O)[C@H]2O[C@@H](n3cnc4c(NC5CC5)nc(-c5ccc6cccc(N)c6n5)nc43)C[C@@]2(O)S(=O)(=O)c2ccc(C)cc2)cc1. The molecule has 4 atom stereocenters. The van der Waals surface area contributed by atoms with Crippen molar-refractivity contribution in [2.45, 2.75) is 71.6 Å². The molecule has 268 valence electrons.